The van der Waals surface area contributed by atoms with Crippen molar-refractivity contribution in [2.24, 2.45) is 0 Å². The lowest BCUT2D eigenvalue weighted by Crippen LogP contribution is -2.47. The molecule has 0 saturated carbocycles. The van der Waals surface area contributed by atoms with E-state index in [1.54, 1.807) is 0 Å². The van der Waals surface area contributed by atoms with E-state index in [9.17, 15) is 4.79 Å². The highest BCUT2D eigenvalue weighted by Crippen LogP contribution is 2.30. The number of hydrogen-bond donors (Lipinski definition) is 0. The first-order valence-corrected chi connectivity index (χ1v) is 6.23. The molecule has 0 aromatic heterocycles. The number of aryl methyl sites for hydroxylation is 1. The summed E-state index contributed by atoms with van der Waals surface area (Å²) in [5.41, 5.74) is 2.02. The summed E-state index contributed by atoms with van der Waals surface area (Å²) in [6.45, 7) is 3.97. The van der Waals surface area contributed by atoms with Crippen LogP contribution < -0.4 is 0 Å². The molecule has 0 spiro atoms. The van der Waals surface area contributed by atoms with Gasteiger partial charge in [0.25, 0.3) is 5.91 Å². The average Bonchev–Trinajstić information content (AvgIpc) is 2.87. The van der Waals surface area contributed by atoms with Gasteiger partial charge in [0.15, 0.2) is 0 Å². The van der Waals surface area contributed by atoms with Gasteiger partial charge in [0.2, 0.25) is 0 Å². The Morgan fingerprint density at radius 3 is 2.41 bits per heavy atom. The molecule has 3 rings (SSSR count). The van der Waals surface area contributed by atoms with E-state index in [1.807, 2.05) is 31.2 Å². The molecule has 2 atom stereocenters. The fourth-order valence-corrected chi connectivity index (χ4v) is 2.98. The van der Waals surface area contributed by atoms with E-state index in [1.165, 1.54) is 5.56 Å². The van der Waals surface area contributed by atoms with Gasteiger partial charge in [-0.3, -0.25) is 9.69 Å². The highest BCUT2D eigenvalue weighted by molar-refractivity contribution is 5.94. The normalized spacial score (nSPS) is 27.8. The van der Waals surface area contributed by atoms with Crippen molar-refractivity contribution in [3.8, 4) is 0 Å². The summed E-state index contributed by atoms with van der Waals surface area (Å²) >= 11 is 0. The molecule has 2 bridgehead atoms. The largest absolute Gasteiger partial charge is 0.333 e. The molecular weight excluding hydrogens is 212 g/mol. The monoisotopic (exact) mass is 230 g/mol. The summed E-state index contributed by atoms with van der Waals surface area (Å²) < 4.78 is 0. The SMILES string of the molecule is Cc1ccc(C(=O)N2C[C@H]3C[C@@H]2CN3C)cc1. The van der Waals surface area contributed by atoms with Gasteiger partial charge in [-0.25, -0.2) is 0 Å². The molecule has 3 nitrogen and oxygen atoms in total. The molecule has 90 valence electrons. The highest BCUT2D eigenvalue weighted by Gasteiger charge is 2.43. The first kappa shape index (κ1) is 10.8. The standard InChI is InChI=1S/C14H18N2O/c1-10-3-5-11(6-4-10)14(17)16-9-12-7-13(16)8-15(12)2/h3-6,12-13H,7-9H2,1-2H3/t12-,13-/m1/s1. The third-order valence-electron chi connectivity index (χ3n) is 4.07. The highest BCUT2D eigenvalue weighted by atomic mass is 16.2. The van der Waals surface area contributed by atoms with Crippen molar-refractivity contribution in [2.45, 2.75) is 25.4 Å². The Morgan fingerprint density at radius 2 is 1.88 bits per heavy atom. The molecule has 3 heteroatoms. The van der Waals surface area contributed by atoms with E-state index in [0.717, 1.165) is 25.1 Å². The molecule has 1 aromatic rings. The molecule has 0 radical (unpaired) electrons. The van der Waals surface area contributed by atoms with Crippen LogP contribution in [0.2, 0.25) is 0 Å². The number of carbonyl (C=O) groups excluding carboxylic acids is 1. The van der Waals surface area contributed by atoms with E-state index in [2.05, 4.69) is 16.8 Å². The van der Waals surface area contributed by atoms with Gasteiger partial charge in [-0.2, -0.15) is 0 Å². The van der Waals surface area contributed by atoms with Gasteiger partial charge in [-0.05, 0) is 32.5 Å². The molecule has 0 N–H and O–H groups in total. The molecular formula is C14H18N2O. The molecule has 2 heterocycles. The Bertz CT molecular complexity index is 438. The van der Waals surface area contributed by atoms with E-state index >= 15 is 0 Å². The molecule has 1 aromatic carbocycles. The van der Waals surface area contributed by atoms with Crippen LogP contribution in [0.1, 0.15) is 22.3 Å². The van der Waals surface area contributed by atoms with Crippen molar-refractivity contribution < 1.29 is 4.79 Å². The third-order valence-corrected chi connectivity index (χ3v) is 4.07. The van der Waals surface area contributed by atoms with Crippen LogP contribution in [0.4, 0.5) is 0 Å². The van der Waals surface area contributed by atoms with E-state index < -0.39 is 0 Å². The number of benzene rings is 1. The van der Waals surface area contributed by atoms with E-state index in [-0.39, 0.29) is 5.91 Å². The Morgan fingerprint density at radius 1 is 1.18 bits per heavy atom. The summed E-state index contributed by atoms with van der Waals surface area (Å²) in [4.78, 5) is 16.8. The van der Waals surface area contributed by atoms with Gasteiger partial charge in [0.1, 0.15) is 0 Å². The topological polar surface area (TPSA) is 23.6 Å². The minimum absolute atomic E-state index is 0.200. The van der Waals surface area contributed by atoms with Gasteiger partial charge in [0, 0.05) is 30.7 Å². The zero-order chi connectivity index (χ0) is 12.0. The number of nitrogens with zero attached hydrogens (tertiary/aromatic N) is 2. The molecule has 2 aliphatic heterocycles. The van der Waals surface area contributed by atoms with Crippen molar-refractivity contribution in [1.29, 1.82) is 0 Å². The Labute approximate surface area is 102 Å². The first-order chi connectivity index (χ1) is 8.15. The number of rotatable bonds is 1. The fourth-order valence-electron chi connectivity index (χ4n) is 2.98. The fraction of sp³-hybridized carbons (Fsp3) is 0.500. The van der Waals surface area contributed by atoms with Crippen molar-refractivity contribution in [2.75, 3.05) is 20.1 Å². The Kier molecular flexibility index (Phi) is 2.44. The second kappa shape index (κ2) is 3.84. The van der Waals surface area contributed by atoms with Gasteiger partial charge >= 0.3 is 0 Å². The first-order valence-electron chi connectivity index (χ1n) is 6.23. The minimum atomic E-state index is 0.200. The summed E-state index contributed by atoms with van der Waals surface area (Å²) in [7, 11) is 2.15. The number of carbonyl (C=O) groups is 1. The lowest BCUT2D eigenvalue weighted by molar-refractivity contribution is 0.0650. The summed E-state index contributed by atoms with van der Waals surface area (Å²) in [6.07, 6.45) is 1.15. The summed E-state index contributed by atoms with van der Waals surface area (Å²) in [5.74, 6) is 0.200. The quantitative estimate of drug-likeness (QED) is 0.730. The minimum Gasteiger partial charge on any atom is -0.333 e. The van der Waals surface area contributed by atoms with Crippen molar-refractivity contribution >= 4 is 5.91 Å². The van der Waals surface area contributed by atoms with Crippen molar-refractivity contribution in [3.63, 3.8) is 0 Å². The third kappa shape index (κ3) is 1.75. The summed E-state index contributed by atoms with van der Waals surface area (Å²) in [5, 5.41) is 0. The number of likely N-dealkylation sites (tertiary alicyclic amines) is 2. The molecule has 2 fully saturated rings. The maximum absolute atomic E-state index is 12.4. The molecule has 1 amide bonds. The van der Waals surface area contributed by atoms with Crippen LogP contribution in [-0.4, -0.2) is 47.9 Å². The van der Waals surface area contributed by atoms with Crippen LogP contribution in [0, 0.1) is 6.92 Å². The number of likely N-dealkylation sites (N-methyl/N-ethyl adjacent to an activating group) is 1. The predicted octanol–water partition coefficient (Wildman–Crippen LogP) is 1.52. The lowest BCUT2D eigenvalue weighted by atomic mass is 10.1. The zero-order valence-electron chi connectivity index (χ0n) is 10.4. The Balaban J connectivity index is 1.78. The van der Waals surface area contributed by atoms with Crippen molar-refractivity contribution in [3.05, 3.63) is 35.4 Å². The molecule has 0 unspecified atom stereocenters. The van der Waals surface area contributed by atoms with Gasteiger partial charge in [-0.15, -0.1) is 0 Å². The Hall–Kier alpha value is -1.35. The predicted molar refractivity (Wildman–Crippen MR) is 67.0 cm³/mol. The van der Waals surface area contributed by atoms with Gasteiger partial charge in [0.05, 0.1) is 0 Å². The number of piperazine rings is 1. The molecule has 2 aliphatic rings. The van der Waals surface area contributed by atoms with Crippen LogP contribution in [0.5, 0.6) is 0 Å². The lowest BCUT2D eigenvalue weighted by Gasteiger charge is -2.32. The van der Waals surface area contributed by atoms with E-state index in [4.69, 9.17) is 0 Å². The molecule has 17 heavy (non-hydrogen) atoms. The maximum atomic E-state index is 12.4. The van der Waals surface area contributed by atoms with E-state index in [0.29, 0.717) is 12.1 Å². The second-order valence-electron chi connectivity index (χ2n) is 5.31. The number of fused-ring (bicyclic) bond motifs is 2. The van der Waals surface area contributed by atoms with Crippen LogP contribution in [0.3, 0.4) is 0 Å². The molecule has 2 saturated heterocycles. The summed E-state index contributed by atoms with van der Waals surface area (Å²) in [6, 6.07) is 8.90. The number of amides is 1. The van der Waals surface area contributed by atoms with Crippen LogP contribution in [0.25, 0.3) is 0 Å². The second-order valence-corrected chi connectivity index (χ2v) is 5.31. The van der Waals surface area contributed by atoms with Crippen LogP contribution in [-0.2, 0) is 0 Å². The van der Waals surface area contributed by atoms with Crippen molar-refractivity contribution in [1.82, 2.24) is 9.80 Å². The maximum Gasteiger partial charge on any atom is 0.254 e. The average molecular weight is 230 g/mol. The zero-order valence-corrected chi connectivity index (χ0v) is 10.4. The van der Waals surface area contributed by atoms with Crippen LogP contribution in [0.15, 0.2) is 24.3 Å². The molecule has 0 aliphatic carbocycles. The smallest absolute Gasteiger partial charge is 0.254 e. The van der Waals surface area contributed by atoms with Crippen LogP contribution >= 0.6 is 0 Å². The van der Waals surface area contributed by atoms with Gasteiger partial charge in [-0.1, -0.05) is 17.7 Å². The van der Waals surface area contributed by atoms with Gasteiger partial charge < -0.3 is 4.90 Å². The number of hydrogen-bond acceptors (Lipinski definition) is 2.